The first-order valence-electron chi connectivity index (χ1n) is 8.89. The summed E-state index contributed by atoms with van der Waals surface area (Å²) in [5.74, 6) is -0.318. The number of piperidine rings is 1. The van der Waals surface area contributed by atoms with Crippen molar-refractivity contribution in [1.82, 2.24) is 19.6 Å². The number of nitrogens with two attached hydrogens (primary N) is 1. The minimum absolute atomic E-state index is 0.0821. The monoisotopic (exact) mass is 401 g/mol. The summed E-state index contributed by atoms with van der Waals surface area (Å²) < 4.78 is 6.83. The molecule has 0 radical (unpaired) electrons. The molecule has 1 aliphatic heterocycles. The number of amides is 1. The van der Waals surface area contributed by atoms with E-state index in [1.807, 2.05) is 6.07 Å². The Balaban J connectivity index is 1.60. The number of carbonyl (C=O) groups excluding carboxylic acids is 1. The number of aromatic nitrogens is 4. The summed E-state index contributed by atoms with van der Waals surface area (Å²) >= 11 is 5.93. The first-order valence-corrected chi connectivity index (χ1v) is 9.27. The predicted molar refractivity (Wildman–Crippen MR) is 107 cm³/mol. The fraction of sp³-hybridized carbons (Fsp3) is 0.333. The van der Waals surface area contributed by atoms with Crippen LogP contribution in [-0.2, 0) is 4.74 Å². The van der Waals surface area contributed by atoms with Crippen LogP contribution in [0.2, 0.25) is 5.02 Å². The highest BCUT2D eigenvalue weighted by atomic mass is 35.5. The van der Waals surface area contributed by atoms with Gasteiger partial charge in [0.2, 0.25) is 0 Å². The van der Waals surface area contributed by atoms with Gasteiger partial charge in [0.25, 0.3) is 5.91 Å². The van der Waals surface area contributed by atoms with Gasteiger partial charge in [-0.05, 0) is 18.9 Å². The lowest BCUT2D eigenvalue weighted by molar-refractivity contribution is 0.0819. The number of nitrogens with zero attached hydrogens (tertiary/aromatic N) is 5. The summed E-state index contributed by atoms with van der Waals surface area (Å²) in [7, 11) is 1.74. The SMILES string of the molecule is COC1CCN(c2ccncc2NC(=O)c2c(N)nn3cc(Cl)cnc23)CC1. The van der Waals surface area contributed by atoms with Gasteiger partial charge in [0.05, 0.1) is 34.9 Å². The van der Waals surface area contributed by atoms with Crippen molar-refractivity contribution in [3.63, 3.8) is 0 Å². The molecule has 10 heteroatoms. The first kappa shape index (κ1) is 18.5. The zero-order valence-electron chi connectivity index (χ0n) is 15.3. The second-order valence-electron chi connectivity index (χ2n) is 6.57. The standard InChI is InChI=1S/C18H20ClN7O2/c1-28-12-3-6-25(7-4-12)14-2-5-21-9-13(14)23-18(27)15-16(20)24-26-10-11(19)8-22-17(15)26/h2,5,8-10,12H,3-4,6-7H2,1H3,(H2,20,24)(H,23,27). The molecular weight excluding hydrogens is 382 g/mol. The van der Waals surface area contributed by atoms with Crippen LogP contribution < -0.4 is 16.0 Å². The van der Waals surface area contributed by atoms with Gasteiger partial charge >= 0.3 is 0 Å². The van der Waals surface area contributed by atoms with Gasteiger partial charge in [-0.1, -0.05) is 11.6 Å². The minimum Gasteiger partial charge on any atom is -0.381 e. The van der Waals surface area contributed by atoms with E-state index in [9.17, 15) is 4.79 Å². The molecule has 3 aromatic heterocycles. The van der Waals surface area contributed by atoms with E-state index in [2.05, 4.69) is 25.3 Å². The van der Waals surface area contributed by atoms with Crippen LogP contribution in [0.5, 0.6) is 0 Å². The number of rotatable bonds is 4. The van der Waals surface area contributed by atoms with Crippen LogP contribution in [-0.4, -0.2) is 51.8 Å². The third-order valence-corrected chi connectivity index (χ3v) is 5.05. The Morgan fingerprint density at radius 2 is 2.14 bits per heavy atom. The molecule has 0 aromatic carbocycles. The zero-order valence-corrected chi connectivity index (χ0v) is 16.1. The van der Waals surface area contributed by atoms with Crippen LogP contribution in [0, 0.1) is 0 Å². The van der Waals surface area contributed by atoms with Gasteiger partial charge in [0.15, 0.2) is 11.5 Å². The number of fused-ring (bicyclic) bond motifs is 1. The highest BCUT2D eigenvalue weighted by Gasteiger charge is 2.24. The molecule has 3 N–H and O–H groups in total. The molecule has 0 unspecified atom stereocenters. The molecule has 0 atom stereocenters. The van der Waals surface area contributed by atoms with Crippen LogP contribution in [0.1, 0.15) is 23.2 Å². The van der Waals surface area contributed by atoms with Crippen molar-refractivity contribution in [3.05, 3.63) is 41.4 Å². The molecule has 1 amide bonds. The van der Waals surface area contributed by atoms with Crippen LogP contribution >= 0.6 is 11.6 Å². The quantitative estimate of drug-likeness (QED) is 0.689. The van der Waals surface area contributed by atoms with Gasteiger partial charge in [-0.15, -0.1) is 5.10 Å². The Kier molecular flexibility index (Phi) is 5.01. The molecule has 0 aliphatic carbocycles. The average Bonchev–Trinajstić information content (AvgIpc) is 3.03. The third kappa shape index (κ3) is 3.46. The second kappa shape index (κ2) is 7.61. The number of hydrogen-bond acceptors (Lipinski definition) is 7. The van der Waals surface area contributed by atoms with E-state index in [-0.39, 0.29) is 17.5 Å². The maximum Gasteiger partial charge on any atom is 0.263 e. The van der Waals surface area contributed by atoms with Gasteiger partial charge in [-0.3, -0.25) is 9.78 Å². The van der Waals surface area contributed by atoms with Crippen molar-refractivity contribution >= 4 is 40.3 Å². The lowest BCUT2D eigenvalue weighted by Gasteiger charge is -2.33. The van der Waals surface area contributed by atoms with Gasteiger partial charge in [-0.25, -0.2) is 9.50 Å². The van der Waals surface area contributed by atoms with Gasteiger partial charge in [0, 0.05) is 32.6 Å². The van der Waals surface area contributed by atoms with Crippen LogP contribution in [0.3, 0.4) is 0 Å². The summed E-state index contributed by atoms with van der Waals surface area (Å²) in [4.78, 5) is 23.5. The Morgan fingerprint density at radius 1 is 1.36 bits per heavy atom. The normalized spacial score (nSPS) is 15.1. The summed E-state index contributed by atoms with van der Waals surface area (Å²) in [5.41, 5.74) is 8.00. The maximum absolute atomic E-state index is 12.9. The number of carbonyl (C=O) groups is 1. The predicted octanol–water partition coefficient (Wildman–Crippen LogP) is 2.23. The Bertz CT molecular complexity index is 1010. The summed E-state index contributed by atoms with van der Waals surface area (Å²) in [6.45, 7) is 1.68. The molecule has 1 aliphatic rings. The summed E-state index contributed by atoms with van der Waals surface area (Å²) in [5, 5.41) is 7.41. The van der Waals surface area contributed by atoms with Gasteiger partial charge in [-0.2, -0.15) is 0 Å². The van der Waals surface area contributed by atoms with Crippen molar-refractivity contribution < 1.29 is 9.53 Å². The Hall–Kier alpha value is -2.91. The zero-order chi connectivity index (χ0) is 19.7. The van der Waals surface area contributed by atoms with E-state index in [0.29, 0.717) is 16.4 Å². The van der Waals surface area contributed by atoms with Gasteiger partial charge in [0.1, 0.15) is 5.56 Å². The van der Waals surface area contributed by atoms with Crippen molar-refractivity contribution in [1.29, 1.82) is 0 Å². The molecule has 4 heterocycles. The highest BCUT2D eigenvalue weighted by molar-refractivity contribution is 6.30. The third-order valence-electron chi connectivity index (χ3n) is 4.86. The number of halogens is 1. The molecule has 1 saturated heterocycles. The lowest BCUT2D eigenvalue weighted by atomic mass is 10.1. The fourth-order valence-corrected chi connectivity index (χ4v) is 3.56. The van der Waals surface area contributed by atoms with E-state index in [1.54, 1.807) is 25.7 Å². The molecule has 3 aromatic rings. The van der Waals surface area contributed by atoms with E-state index >= 15 is 0 Å². The topological polar surface area (TPSA) is 111 Å². The molecular formula is C18H20ClN7O2. The number of ether oxygens (including phenoxy) is 1. The summed E-state index contributed by atoms with van der Waals surface area (Å²) in [6, 6.07) is 1.89. The number of methoxy groups -OCH3 is 1. The smallest absolute Gasteiger partial charge is 0.263 e. The number of hydrogen-bond donors (Lipinski definition) is 2. The fourth-order valence-electron chi connectivity index (χ4n) is 3.42. The number of nitrogen functional groups attached to an aromatic ring is 1. The van der Waals surface area contributed by atoms with Crippen molar-refractivity contribution in [2.45, 2.75) is 18.9 Å². The molecule has 0 bridgehead atoms. The van der Waals surface area contributed by atoms with E-state index in [0.717, 1.165) is 31.6 Å². The van der Waals surface area contributed by atoms with Crippen molar-refractivity contribution in [3.8, 4) is 0 Å². The van der Waals surface area contributed by atoms with Crippen molar-refractivity contribution in [2.24, 2.45) is 0 Å². The number of anilines is 3. The van der Waals surface area contributed by atoms with Crippen LogP contribution in [0.4, 0.5) is 17.2 Å². The first-order chi connectivity index (χ1) is 13.6. The highest BCUT2D eigenvalue weighted by Crippen LogP contribution is 2.29. The summed E-state index contributed by atoms with van der Waals surface area (Å²) in [6.07, 6.45) is 8.46. The molecule has 4 rings (SSSR count). The minimum atomic E-state index is -0.400. The van der Waals surface area contributed by atoms with E-state index in [4.69, 9.17) is 22.1 Å². The largest absolute Gasteiger partial charge is 0.381 e. The molecule has 9 nitrogen and oxygen atoms in total. The van der Waals surface area contributed by atoms with Gasteiger partial charge < -0.3 is 20.7 Å². The van der Waals surface area contributed by atoms with E-state index in [1.165, 1.54) is 10.7 Å². The Morgan fingerprint density at radius 3 is 2.89 bits per heavy atom. The molecule has 0 spiro atoms. The second-order valence-corrected chi connectivity index (χ2v) is 7.01. The molecule has 146 valence electrons. The lowest BCUT2D eigenvalue weighted by Crippen LogP contribution is -2.37. The van der Waals surface area contributed by atoms with Crippen molar-refractivity contribution in [2.75, 3.05) is 36.1 Å². The number of pyridine rings is 1. The molecule has 1 fully saturated rings. The Labute approximate surface area is 166 Å². The van der Waals surface area contributed by atoms with Crippen LogP contribution in [0.25, 0.3) is 5.65 Å². The molecule has 0 saturated carbocycles. The van der Waals surface area contributed by atoms with E-state index < -0.39 is 5.91 Å². The number of nitrogens with one attached hydrogen (secondary N) is 1. The molecule has 28 heavy (non-hydrogen) atoms. The average molecular weight is 402 g/mol. The maximum atomic E-state index is 12.9. The van der Waals surface area contributed by atoms with Crippen LogP contribution in [0.15, 0.2) is 30.9 Å².